The van der Waals surface area contributed by atoms with Crippen LogP contribution in [0.4, 0.5) is 5.69 Å². The fourth-order valence-corrected chi connectivity index (χ4v) is 4.32. The fourth-order valence-electron chi connectivity index (χ4n) is 3.13. The van der Waals surface area contributed by atoms with Gasteiger partial charge in [-0.15, -0.1) is 0 Å². The Hall–Kier alpha value is -3.16. The first-order valence-corrected chi connectivity index (χ1v) is 11.5. The molecule has 162 valence electrons. The number of sulfonamides is 1. The molecule has 0 fully saturated rings. The van der Waals surface area contributed by atoms with Crippen molar-refractivity contribution in [3.8, 4) is 5.75 Å². The van der Waals surface area contributed by atoms with Crippen molar-refractivity contribution in [3.63, 3.8) is 0 Å². The van der Waals surface area contributed by atoms with Crippen LogP contribution in [0.5, 0.6) is 5.75 Å². The molecule has 0 aliphatic carbocycles. The van der Waals surface area contributed by atoms with Gasteiger partial charge in [-0.2, -0.15) is 4.72 Å². The summed E-state index contributed by atoms with van der Waals surface area (Å²) in [7, 11) is -3.92. The third-order valence-electron chi connectivity index (χ3n) is 4.63. The summed E-state index contributed by atoms with van der Waals surface area (Å²) in [5.41, 5.74) is 2.46. The van der Waals surface area contributed by atoms with E-state index in [-0.39, 0.29) is 11.3 Å². The van der Waals surface area contributed by atoms with E-state index in [1.54, 1.807) is 18.2 Å². The quantitative estimate of drug-likeness (QED) is 0.530. The van der Waals surface area contributed by atoms with Crippen LogP contribution in [0.15, 0.2) is 83.8 Å². The summed E-state index contributed by atoms with van der Waals surface area (Å²) in [5, 5.41) is 2.82. The fraction of sp³-hybridized carbons (Fsp3) is 0.208. The summed E-state index contributed by atoms with van der Waals surface area (Å²) < 4.78 is 33.9. The second-order valence-electron chi connectivity index (χ2n) is 7.13. The summed E-state index contributed by atoms with van der Waals surface area (Å²) in [6, 6.07) is 21.8. The number of hydrogen-bond acceptors (Lipinski definition) is 4. The molecule has 0 heterocycles. The van der Waals surface area contributed by atoms with Crippen molar-refractivity contribution in [1.82, 2.24) is 4.72 Å². The lowest BCUT2D eigenvalue weighted by atomic mass is 10.1. The molecule has 0 saturated carbocycles. The van der Waals surface area contributed by atoms with E-state index >= 15 is 0 Å². The zero-order chi connectivity index (χ0) is 22.3. The van der Waals surface area contributed by atoms with Gasteiger partial charge in [0.25, 0.3) is 0 Å². The number of nitrogens with one attached hydrogen (secondary N) is 2. The van der Waals surface area contributed by atoms with Crippen molar-refractivity contribution in [3.05, 3.63) is 90.0 Å². The number of hydrogen-bond donors (Lipinski definition) is 2. The Morgan fingerprint density at radius 1 is 0.968 bits per heavy atom. The van der Waals surface area contributed by atoms with Gasteiger partial charge in [0.05, 0.1) is 11.5 Å². The highest BCUT2D eigenvalue weighted by atomic mass is 32.2. The zero-order valence-electron chi connectivity index (χ0n) is 17.5. The summed E-state index contributed by atoms with van der Waals surface area (Å²) in [5.74, 6) is 0.156. The molecule has 0 spiro atoms. The molecule has 0 bridgehead atoms. The van der Waals surface area contributed by atoms with Gasteiger partial charge >= 0.3 is 0 Å². The second-order valence-corrected chi connectivity index (χ2v) is 8.84. The molecule has 1 amide bonds. The van der Waals surface area contributed by atoms with Crippen LogP contribution in [-0.4, -0.2) is 27.0 Å². The van der Waals surface area contributed by atoms with Crippen molar-refractivity contribution in [1.29, 1.82) is 0 Å². The Bertz CT molecular complexity index is 1110. The van der Waals surface area contributed by atoms with E-state index < -0.39 is 22.0 Å². The number of benzene rings is 3. The molecule has 0 aliphatic heterocycles. The lowest BCUT2D eigenvalue weighted by molar-refractivity contribution is -0.117. The van der Waals surface area contributed by atoms with Crippen LogP contribution in [0.25, 0.3) is 0 Å². The topological polar surface area (TPSA) is 84.5 Å². The summed E-state index contributed by atoms with van der Waals surface area (Å²) in [6.45, 7) is 4.27. The third kappa shape index (κ3) is 6.41. The molecule has 7 heteroatoms. The van der Waals surface area contributed by atoms with E-state index in [9.17, 15) is 13.2 Å². The Balaban J connectivity index is 1.83. The second kappa shape index (κ2) is 10.2. The first-order chi connectivity index (χ1) is 14.9. The maximum absolute atomic E-state index is 13.0. The molecule has 3 aromatic carbocycles. The molecule has 1 atom stereocenters. The summed E-state index contributed by atoms with van der Waals surface area (Å²) in [4.78, 5) is 13.1. The smallest absolute Gasteiger partial charge is 0.242 e. The highest BCUT2D eigenvalue weighted by Gasteiger charge is 2.26. The van der Waals surface area contributed by atoms with Gasteiger partial charge in [0.1, 0.15) is 11.8 Å². The van der Waals surface area contributed by atoms with Gasteiger partial charge < -0.3 is 10.1 Å². The van der Waals surface area contributed by atoms with Crippen LogP contribution in [0.2, 0.25) is 0 Å². The van der Waals surface area contributed by atoms with E-state index in [4.69, 9.17) is 4.74 Å². The monoisotopic (exact) mass is 438 g/mol. The molecule has 0 aromatic heterocycles. The Kier molecular flexibility index (Phi) is 7.44. The number of amides is 1. The van der Waals surface area contributed by atoms with Gasteiger partial charge in [-0.1, -0.05) is 42.5 Å². The normalized spacial score (nSPS) is 12.2. The highest BCUT2D eigenvalue weighted by Crippen LogP contribution is 2.18. The number of carbonyl (C=O) groups excluding carboxylic acids is 1. The maximum Gasteiger partial charge on any atom is 0.242 e. The minimum atomic E-state index is -3.92. The van der Waals surface area contributed by atoms with Crippen LogP contribution in [0.1, 0.15) is 18.1 Å². The van der Waals surface area contributed by atoms with Crippen LogP contribution in [-0.2, 0) is 21.2 Å². The van der Waals surface area contributed by atoms with Crippen LogP contribution < -0.4 is 14.8 Å². The lowest BCUT2D eigenvalue weighted by Gasteiger charge is -2.19. The Labute approximate surface area is 183 Å². The van der Waals surface area contributed by atoms with E-state index in [2.05, 4.69) is 10.0 Å². The van der Waals surface area contributed by atoms with Gasteiger partial charge in [0.2, 0.25) is 15.9 Å². The minimum Gasteiger partial charge on any atom is -0.494 e. The molecule has 0 saturated heterocycles. The van der Waals surface area contributed by atoms with Crippen molar-refractivity contribution in [2.24, 2.45) is 0 Å². The molecule has 3 aromatic rings. The molecule has 3 rings (SSSR count). The standard InChI is InChI=1S/C24H26N2O4S/c1-3-30-21-12-14-22(15-13-21)31(28,29)26-23(17-19-9-5-4-6-10-19)24(27)25-20-11-7-8-18(2)16-20/h4-16,23,26H,3,17H2,1-2H3,(H,25,27)/t23-/m0/s1. The average molecular weight is 439 g/mol. The van der Waals surface area contributed by atoms with Crippen LogP contribution in [0, 0.1) is 6.92 Å². The van der Waals surface area contributed by atoms with Crippen LogP contribution in [0.3, 0.4) is 0 Å². The van der Waals surface area contributed by atoms with E-state index in [0.717, 1.165) is 11.1 Å². The SMILES string of the molecule is CCOc1ccc(S(=O)(=O)N[C@@H](Cc2ccccc2)C(=O)Nc2cccc(C)c2)cc1. The Morgan fingerprint density at radius 2 is 1.68 bits per heavy atom. The van der Waals surface area contributed by atoms with E-state index in [0.29, 0.717) is 18.0 Å². The third-order valence-corrected chi connectivity index (χ3v) is 6.11. The van der Waals surface area contributed by atoms with E-state index in [1.807, 2.05) is 62.4 Å². The summed E-state index contributed by atoms with van der Waals surface area (Å²) in [6.07, 6.45) is 0.217. The Morgan fingerprint density at radius 3 is 2.32 bits per heavy atom. The first-order valence-electron chi connectivity index (χ1n) is 10.0. The van der Waals surface area contributed by atoms with E-state index in [1.165, 1.54) is 12.1 Å². The average Bonchev–Trinajstić information content (AvgIpc) is 2.74. The maximum atomic E-state index is 13.0. The van der Waals surface area contributed by atoms with Gasteiger partial charge in [0.15, 0.2) is 0 Å². The molecular weight excluding hydrogens is 412 g/mol. The van der Waals surface area contributed by atoms with Crippen LogP contribution >= 0.6 is 0 Å². The first kappa shape index (κ1) is 22.5. The zero-order valence-corrected chi connectivity index (χ0v) is 18.4. The predicted octanol–water partition coefficient (Wildman–Crippen LogP) is 3.92. The molecule has 0 unspecified atom stereocenters. The molecule has 0 radical (unpaired) electrons. The number of ether oxygens (including phenoxy) is 1. The largest absolute Gasteiger partial charge is 0.494 e. The highest BCUT2D eigenvalue weighted by molar-refractivity contribution is 7.89. The van der Waals surface area contributed by atoms with Gasteiger partial charge in [0, 0.05) is 5.69 Å². The molecule has 2 N–H and O–H groups in total. The van der Waals surface area contributed by atoms with Gasteiger partial charge in [-0.25, -0.2) is 8.42 Å². The molecule has 6 nitrogen and oxygen atoms in total. The number of carbonyl (C=O) groups is 1. The molecule has 31 heavy (non-hydrogen) atoms. The number of aryl methyl sites for hydroxylation is 1. The van der Waals surface area contributed by atoms with Crippen molar-refractivity contribution < 1.29 is 17.9 Å². The molecule has 0 aliphatic rings. The summed E-state index contributed by atoms with van der Waals surface area (Å²) >= 11 is 0. The number of rotatable bonds is 9. The van der Waals surface area contributed by atoms with Gasteiger partial charge in [-0.05, 0) is 67.8 Å². The molecular formula is C24H26N2O4S. The minimum absolute atomic E-state index is 0.0670. The van der Waals surface area contributed by atoms with Crippen molar-refractivity contribution in [2.75, 3.05) is 11.9 Å². The van der Waals surface area contributed by atoms with Gasteiger partial charge in [-0.3, -0.25) is 4.79 Å². The predicted molar refractivity (Wildman–Crippen MR) is 122 cm³/mol. The van der Waals surface area contributed by atoms with Crippen molar-refractivity contribution >= 4 is 21.6 Å². The number of anilines is 1. The van der Waals surface area contributed by atoms with Crippen molar-refractivity contribution in [2.45, 2.75) is 31.2 Å². The lowest BCUT2D eigenvalue weighted by Crippen LogP contribution is -2.45.